The van der Waals surface area contributed by atoms with Crippen LogP contribution in [0, 0.1) is 0 Å². The highest BCUT2D eigenvalue weighted by Gasteiger charge is 1.61. The van der Waals surface area contributed by atoms with Crippen LogP contribution >= 0.6 is 11.5 Å². The molecular weight excluding hydrogens is 160 g/mol. The van der Waals surface area contributed by atoms with Crippen molar-refractivity contribution in [1.29, 1.82) is 0 Å². The maximum absolute atomic E-state index is 3.53. The first kappa shape index (κ1) is 7.74. The Hall–Kier alpha value is -1.36. The van der Waals surface area contributed by atoms with E-state index in [1.165, 1.54) is 11.5 Å². The predicted molar refractivity (Wildman–Crippen MR) is 41.9 cm³/mol. The molecule has 0 N–H and O–H groups in total. The molecule has 0 spiro atoms. The van der Waals surface area contributed by atoms with Gasteiger partial charge in [0.1, 0.15) is 0 Å². The third kappa shape index (κ3) is 4.10. The van der Waals surface area contributed by atoms with Crippen LogP contribution in [0.25, 0.3) is 0 Å². The lowest BCUT2D eigenvalue weighted by molar-refractivity contribution is 1.03. The summed E-state index contributed by atoms with van der Waals surface area (Å²) in [5.41, 5.74) is 0. The van der Waals surface area contributed by atoms with Gasteiger partial charge in [0.25, 0.3) is 0 Å². The molecule has 4 nitrogen and oxygen atoms in total. The van der Waals surface area contributed by atoms with E-state index in [0.717, 1.165) is 0 Å². The summed E-state index contributed by atoms with van der Waals surface area (Å²) in [5.74, 6) is 0. The molecule has 56 valence electrons. The monoisotopic (exact) mass is 166 g/mol. The smallest absolute Gasteiger partial charge is 0.0620 e. The lowest BCUT2D eigenvalue weighted by Crippen LogP contribution is -1.69. The van der Waals surface area contributed by atoms with Gasteiger partial charge in [-0.1, -0.05) is 4.49 Å². The molecule has 2 aromatic rings. The Morgan fingerprint density at radius 1 is 0.818 bits per heavy atom. The SMILES string of the molecule is c1ccnnc1.c1csnn1. The van der Waals surface area contributed by atoms with Crippen LogP contribution in [0.3, 0.4) is 0 Å². The van der Waals surface area contributed by atoms with Crippen LogP contribution in [0.5, 0.6) is 0 Å². The molecule has 0 aliphatic rings. The van der Waals surface area contributed by atoms with E-state index in [9.17, 15) is 0 Å². The first-order valence-corrected chi connectivity index (χ1v) is 3.76. The Labute approximate surface area is 68.1 Å². The largest absolute Gasteiger partial charge is 0.159 e. The second-order valence-corrected chi connectivity index (χ2v) is 2.15. The van der Waals surface area contributed by atoms with Gasteiger partial charge in [0.05, 0.1) is 6.20 Å². The van der Waals surface area contributed by atoms with E-state index in [1.807, 2.05) is 17.5 Å². The normalized spacial score (nSPS) is 8.00. The Bertz CT molecular complexity index is 200. The van der Waals surface area contributed by atoms with Gasteiger partial charge in [-0.3, -0.25) is 0 Å². The van der Waals surface area contributed by atoms with Crippen molar-refractivity contribution in [3.8, 4) is 0 Å². The third-order valence-electron chi connectivity index (χ3n) is 0.766. The summed E-state index contributed by atoms with van der Waals surface area (Å²) in [7, 11) is 0. The van der Waals surface area contributed by atoms with E-state index in [-0.39, 0.29) is 0 Å². The molecule has 2 heterocycles. The van der Waals surface area contributed by atoms with Gasteiger partial charge in [-0.05, 0) is 23.7 Å². The molecule has 0 aliphatic carbocycles. The minimum Gasteiger partial charge on any atom is -0.159 e. The van der Waals surface area contributed by atoms with E-state index in [4.69, 9.17) is 0 Å². The van der Waals surface area contributed by atoms with E-state index in [0.29, 0.717) is 0 Å². The van der Waals surface area contributed by atoms with Crippen molar-refractivity contribution in [2.24, 2.45) is 0 Å². The van der Waals surface area contributed by atoms with Crippen molar-refractivity contribution in [1.82, 2.24) is 19.8 Å². The Kier molecular flexibility index (Phi) is 3.82. The van der Waals surface area contributed by atoms with Gasteiger partial charge in [0, 0.05) is 17.8 Å². The lowest BCUT2D eigenvalue weighted by Gasteiger charge is -1.69. The highest BCUT2D eigenvalue weighted by Crippen LogP contribution is 1.78. The van der Waals surface area contributed by atoms with Crippen molar-refractivity contribution < 1.29 is 0 Å². The first-order valence-electron chi connectivity index (χ1n) is 2.93. The summed E-state index contributed by atoms with van der Waals surface area (Å²) >= 11 is 1.35. The number of aromatic nitrogens is 4. The summed E-state index contributed by atoms with van der Waals surface area (Å²) in [5, 5.41) is 12.4. The minimum atomic E-state index is 1.35. The molecule has 0 saturated heterocycles. The maximum Gasteiger partial charge on any atom is 0.0620 e. The standard InChI is InChI=1S/C4H4N2.C2H2N2S/c1-2-4-6-5-3-1;1-2-5-4-3-1/h1-4H;1-2H. The zero-order valence-electron chi connectivity index (χ0n) is 5.66. The van der Waals surface area contributed by atoms with E-state index in [2.05, 4.69) is 19.8 Å². The van der Waals surface area contributed by atoms with Gasteiger partial charge >= 0.3 is 0 Å². The molecular formula is C6H6N4S. The molecule has 0 amide bonds. The fourth-order valence-electron chi connectivity index (χ4n) is 0.389. The van der Waals surface area contributed by atoms with Crippen molar-refractivity contribution in [2.75, 3.05) is 0 Å². The number of rotatable bonds is 0. The highest BCUT2D eigenvalue weighted by atomic mass is 32.1. The molecule has 0 bridgehead atoms. The second kappa shape index (κ2) is 5.43. The quantitative estimate of drug-likeness (QED) is 0.586. The Balaban J connectivity index is 0.000000112. The topological polar surface area (TPSA) is 51.6 Å². The van der Waals surface area contributed by atoms with Crippen LogP contribution in [-0.2, 0) is 0 Å². The fraction of sp³-hybridized carbons (Fsp3) is 0. The molecule has 2 aromatic heterocycles. The molecule has 0 fully saturated rings. The van der Waals surface area contributed by atoms with E-state index >= 15 is 0 Å². The molecule has 0 saturated carbocycles. The molecule has 0 atom stereocenters. The average Bonchev–Trinajstić information content (AvgIpc) is 2.64. The van der Waals surface area contributed by atoms with Gasteiger partial charge in [-0.15, -0.1) is 5.10 Å². The molecule has 11 heavy (non-hydrogen) atoms. The van der Waals surface area contributed by atoms with Crippen molar-refractivity contribution in [2.45, 2.75) is 0 Å². The molecule has 0 aliphatic heterocycles. The van der Waals surface area contributed by atoms with Gasteiger partial charge in [-0.25, -0.2) is 0 Å². The molecule has 0 aromatic carbocycles. The third-order valence-corrected chi connectivity index (χ3v) is 1.20. The summed E-state index contributed by atoms with van der Waals surface area (Å²) in [6.07, 6.45) is 4.94. The minimum absolute atomic E-state index is 1.35. The zero-order valence-corrected chi connectivity index (χ0v) is 6.48. The Morgan fingerprint density at radius 2 is 1.55 bits per heavy atom. The summed E-state index contributed by atoms with van der Waals surface area (Å²) in [6, 6.07) is 3.65. The fourth-order valence-corrected chi connectivity index (χ4v) is 0.662. The number of hydrogen-bond donors (Lipinski definition) is 0. The summed E-state index contributed by atoms with van der Waals surface area (Å²) in [4.78, 5) is 0. The van der Waals surface area contributed by atoms with Gasteiger partial charge in [0.2, 0.25) is 0 Å². The number of nitrogens with zero attached hydrogens (tertiary/aromatic N) is 4. The Morgan fingerprint density at radius 3 is 1.73 bits per heavy atom. The van der Waals surface area contributed by atoms with Crippen molar-refractivity contribution >= 4 is 11.5 Å². The molecule has 0 radical (unpaired) electrons. The highest BCUT2D eigenvalue weighted by molar-refractivity contribution is 7.03. The van der Waals surface area contributed by atoms with Gasteiger partial charge in [0.15, 0.2) is 0 Å². The zero-order chi connectivity index (χ0) is 7.78. The van der Waals surface area contributed by atoms with Crippen molar-refractivity contribution in [3.05, 3.63) is 36.1 Å². The van der Waals surface area contributed by atoms with Crippen LogP contribution in [0.2, 0.25) is 0 Å². The lowest BCUT2D eigenvalue weighted by atomic mass is 10.6. The average molecular weight is 166 g/mol. The molecule has 2 rings (SSSR count). The van der Waals surface area contributed by atoms with Gasteiger partial charge in [-0.2, -0.15) is 10.2 Å². The van der Waals surface area contributed by atoms with Crippen LogP contribution < -0.4 is 0 Å². The van der Waals surface area contributed by atoms with Gasteiger partial charge < -0.3 is 0 Å². The van der Waals surface area contributed by atoms with Crippen molar-refractivity contribution in [3.63, 3.8) is 0 Å². The summed E-state index contributed by atoms with van der Waals surface area (Å²) in [6.45, 7) is 0. The maximum atomic E-state index is 3.53. The summed E-state index contributed by atoms with van der Waals surface area (Å²) < 4.78 is 3.51. The molecule has 0 unspecified atom stereocenters. The van der Waals surface area contributed by atoms with E-state index in [1.54, 1.807) is 18.6 Å². The van der Waals surface area contributed by atoms with Crippen LogP contribution in [0.15, 0.2) is 36.1 Å². The van der Waals surface area contributed by atoms with Crippen LogP contribution in [0.4, 0.5) is 0 Å². The molecule has 5 heteroatoms. The second-order valence-electron chi connectivity index (χ2n) is 1.50. The van der Waals surface area contributed by atoms with Crippen LogP contribution in [-0.4, -0.2) is 19.8 Å². The first-order chi connectivity index (χ1) is 5.50. The number of hydrogen-bond acceptors (Lipinski definition) is 5. The predicted octanol–water partition coefficient (Wildman–Crippen LogP) is 1.01. The van der Waals surface area contributed by atoms with Crippen LogP contribution in [0.1, 0.15) is 0 Å². The van der Waals surface area contributed by atoms with E-state index < -0.39 is 0 Å².